The predicted octanol–water partition coefficient (Wildman–Crippen LogP) is 0.946. The number of hydrazine groups is 1. The first kappa shape index (κ1) is 13.6. The molecule has 0 radical (unpaired) electrons. The zero-order chi connectivity index (χ0) is 14.5. The van der Waals surface area contributed by atoms with Crippen molar-refractivity contribution in [2.24, 2.45) is 10.8 Å². The van der Waals surface area contributed by atoms with E-state index in [0.29, 0.717) is 11.4 Å². The third-order valence-electron chi connectivity index (χ3n) is 2.61. The minimum atomic E-state index is -0.722. The van der Waals surface area contributed by atoms with Gasteiger partial charge in [0.2, 0.25) is 0 Å². The number of benzene rings is 1. The van der Waals surface area contributed by atoms with E-state index in [1.807, 2.05) is 18.2 Å². The van der Waals surface area contributed by atoms with Gasteiger partial charge in [0.25, 0.3) is 0 Å². The summed E-state index contributed by atoms with van der Waals surface area (Å²) >= 11 is 0. The molecular formula is C13H13N5O2. The van der Waals surface area contributed by atoms with Gasteiger partial charge in [0.15, 0.2) is 11.4 Å². The molecule has 2 rings (SSSR count). The molecule has 20 heavy (non-hydrogen) atoms. The second kappa shape index (κ2) is 5.86. The highest BCUT2D eigenvalue weighted by Crippen LogP contribution is 2.30. The van der Waals surface area contributed by atoms with Crippen LogP contribution in [-0.2, 0) is 9.53 Å². The lowest BCUT2D eigenvalue weighted by atomic mass is 10.1. The summed E-state index contributed by atoms with van der Waals surface area (Å²) in [5.74, 6) is 4.88. The van der Waals surface area contributed by atoms with Gasteiger partial charge in [-0.25, -0.2) is 15.6 Å². The predicted molar refractivity (Wildman–Crippen MR) is 73.8 cm³/mol. The standard InChI is InChI=1S/C13H13N5O2/c1-2-20-13(19)8(7-14)11-12(18-15)17-10-6-4-3-5-9(10)16-11/h3-6,16H,2,15H2,1H3,(H,17,18). The molecule has 102 valence electrons. The van der Waals surface area contributed by atoms with E-state index in [1.54, 1.807) is 19.1 Å². The Bertz CT molecular complexity index is 642. The second-order valence-electron chi connectivity index (χ2n) is 3.83. The number of amidine groups is 1. The number of esters is 1. The number of carbonyl (C=O) groups is 1. The smallest absolute Gasteiger partial charge is 0.351 e. The van der Waals surface area contributed by atoms with E-state index in [9.17, 15) is 4.79 Å². The fraction of sp³-hybridized carbons (Fsp3) is 0.154. The monoisotopic (exact) mass is 271 g/mol. The van der Waals surface area contributed by atoms with Gasteiger partial charge in [-0.2, -0.15) is 5.26 Å². The first-order valence-electron chi connectivity index (χ1n) is 5.94. The molecule has 1 aliphatic heterocycles. The summed E-state index contributed by atoms with van der Waals surface area (Å²) < 4.78 is 4.85. The van der Waals surface area contributed by atoms with E-state index in [4.69, 9.17) is 15.8 Å². The minimum absolute atomic E-state index is 0.177. The Morgan fingerprint density at radius 1 is 1.55 bits per heavy atom. The third-order valence-corrected chi connectivity index (χ3v) is 2.61. The van der Waals surface area contributed by atoms with Crippen molar-refractivity contribution >= 4 is 23.2 Å². The topological polar surface area (TPSA) is 113 Å². The van der Waals surface area contributed by atoms with Crippen molar-refractivity contribution in [2.75, 3.05) is 11.9 Å². The highest BCUT2D eigenvalue weighted by atomic mass is 16.5. The van der Waals surface area contributed by atoms with Crippen molar-refractivity contribution in [1.29, 1.82) is 5.26 Å². The maximum atomic E-state index is 11.8. The Morgan fingerprint density at radius 2 is 2.30 bits per heavy atom. The van der Waals surface area contributed by atoms with Gasteiger partial charge >= 0.3 is 5.97 Å². The number of carbonyl (C=O) groups excluding carboxylic acids is 1. The molecule has 7 heteroatoms. The van der Waals surface area contributed by atoms with Crippen LogP contribution in [0.5, 0.6) is 0 Å². The highest BCUT2D eigenvalue weighted by molar-refractivity contribution is 6.12. The summed E-state index contributed by atoms with van der Waals surface area (Å²) in [5, 5.41) is 12.1. The normalized spacial score (nSPS) is 15.2. The Labute approximate surface area is 115 Å². The molecule has 0 aliphatic carbocycles. The van der Waals surface area contributed by atoms with Crippen LogP contribution in [0.3, 0.4) is 0 Å². The molecule has 1 aromatic carbocycles. The van der Waals surface area contributed by atoms with Crippen LogP contribution >= 0.6 is 0 Å². The van der Waals surface area contributed by atoms with E-state index in [-0.39, 0.29) is 23.7 Å². The molecule has 1 aromatic rings. The second-order valence-corrected chi connectivity index (χ2v) is 3.83. The van der Waals surface area contributed by atoms with Crippen LogP contribution in [0.15, 0.2) is 40.5 Å². The molecule has 0 saturated carbocycles. The minimum Gasteiger partial charge on any atom is -0.462 e. The lowest BCUT2D eigenvalue weighted by Gasteiger charge is -2.20. The number of ether oxygens (including phenoxy) is 1. The van der Waals surface area contributed by atoms with Crippen molar-refractivity contribution in [2.45, 2.75) is 6.92 Å². The SMILES string of the molecule is CCOC(=O)C(C#N)=C1Nc2ccccc2N=C1NN. The molecule has 0 bridgehead atoms. The summed E-state index contributed by atoms with van der Waals surface area (Å²) in [6, 6.07) is 9.02. The lowest BCUT2D eigenvalue weighted by Crippen LogP contribution is -2.37. The average molecular weight is 271 g/mol. The van der Waals surface area contributed by atoms with Crippen molar-refractivity contribution < 1.29 is 9.53 Å². The molecule has 0 fully saturated rings. The summed E-state index contributed by atoms with van der Waals surface area (Å²) in [5.41, 5.74) is 3.73. The third kappa shape index (κ3) is 2.46. The number of hydrogen-bond donors (Lipinski definition) is 3. The Balaban J connectivity index is 2.52. The zero-order valence-corrected chi connectivity index (χ0v) is 10.8. The van der Waals surface area contributed by atoms with Crippen molar-refractivity contribution in [1.82, 2.24) is 5.43 Å². The highest BCUT2D eigenvalue weighted by Gasteiger charge is 2.24. The van der Waals surface area contributed by atoms with Gasteiger partial charge < -0.3 is 15.5 Å². The number of aliphatic imine (C=N–C) groups is 1. The van der Waals surface area contributed by atoms with E-state index < -0.39 is 5.97 Å². The Kier molecular flexibility index (Phi) is 3.98. The molecule has 1 heterocycles. The van der Waals surface area contributed by atoms with Crippen LogP contribution in [0.4, 0.5) is 11.4 Å². The molecule has 0 amide bonds. The number of hydrogen-bond acceptors (Lipinski definition) is 7. The first-order chi connectivity index (χ1) is 9.71. The Morgan fingerprint density at radius 3 is 2.95 bits per heavy atom. The molecular weight excluding hydrogens is 258 g/mol. The average Bonchev–Trinajstić information content (AvgIpc) is 2.47. The van der Waals surface area contributed by atoms with Gasteiger partial charge in [-0.3, -0.25) is 0 Å². The number of para-hydroxylation sites is 2. The van der Waals surface area contributed by atoms with Crippen LogP contribution in [0, 0.1) is 11.3 Å². The Hall–Kier alpha value is -2.85. The number of rotatable bonds is 2. The van der Waals surface area contributed by atoms with E-state index >= 15 is 0 Å². The maximum absolute atomic E-state index is 11.8. The van der Waals surface area contributed by atoms with Gasteiger partial charge in [-0.15, -0.1) is 0 Å². The van der Waals surface area contributed by atoms with Crippen molar-refractivity contribution in [3.8, 4) is 6.07 Å². The number of nitriles is 1. The number of fused-ring (bicyclic) bond motifs is 1. The van der Waals surface area contributed by atoms with Crippen LogP contribution in [0.2, 0.25) is 0 Å². The molecule has 0 spiro atoms. The summed E-state index contributed by atoms with van der Waals surface area (Å²) in [6.07, 6.45) is 0. The molecule has 7 nitrogen and oxygen atoms in total. The van der Waals surface area contributed by atoms with Gasteiger partial charge in [-0.05, 0) is 19.1 Å². The molecule has 4 N–H and O–H groups in total. The number of nitrogens with one attached hydrogen (secondary N) is 2. The zero-order valence-electron chi connectivity index (χ0n) is 10.8. The van der Waals surface area contributed by atoms with Crippen LogP contribution in [0.25, 0.3) is 0 Å². The van der Waals surface area contributed by atoms with Gasteiger partial charge in [0.1, 0.15) is 11.8 Å². The van der Waals surface area contributed by atoms with Crippen LogP contribution in [-0.4, -0.2) is 18.4 Å². The van der Waals surface area contributed by atoms with Gasteiger partial charge in [0, 0.05) is 0 Å². The quantitative estimate of drug-likeness (QED) is 0.243. The largest absolute Gasteiger partial charge is 0.462 e. The van der Waals surface area contributed by atoms with Gasteiger partial charge in [0.05, 0.1) is 18.0 Å². The fourth-order valence-electron chi connectivity index (χ4n) is 1.74. The van der Waals surface area contributed by atoms with Crippen LogP contribution < -0.4 is 16.6 Å². The van der Waals surface area contributed by atoms with E-state index in [2.05, 4.69) is 15.7 Å². The van der Waals surface area contributed by atoms with Crippen molar-refractivity contribution in [3.63, 3.8) is 0 Å². The molecule has 0 aromatic heterocycles. The first-order valence-corrected chi connectivity index (χ1v) is 5.94. The maximum Gasteiger partial charge on any atom is 0.351 e. The number of nitrogens with zero attached hydrogens (tertiary/aromatic N) is 2. The van der Waals surface area contributed by atoms with Crippen molar-refractivity contribution in [3.05, 3.63) is 35.5 Å². The summed E-state index contributed by atoms with van der Waals surface area (Å²) in [6.45, 7) is 1.84. The molecule has 0 atom stereocenters. The molecule has 1 aliphatic rings. The molecule has 0 unspecified atom stereocenters. The van der Waals surface area contributed by atoms with Crippen LogP contribution in [0.1, 0.15) is 6.92 Å². The van der Waals surface area contributed by atoms with E-state index in [0.717, 1.165) is 0 Å². The molecule has 0 saturated heterocycles. The number of nitrogens with two attached hydrogens (primary N) is 1. The number of anilines is 1. The van der Waals surface area contributed by atoms with Gasteiger partial charge in [-0.1, -0.05) is 12.1 Å². The summed E-state index contributed by atoms with van der Waals surface area (Å²) in [7, 11) is 0. The van der Waals surface area contributed by atoms with E-state index in [1.165, 1.54) is 0 Å². The lowest BCUT2D eigenvalue weighted by molar-refractivity contribution is -0.138. The summed E-state index contributed by atoms with van der Waals surface area (Å²) in [4.78, 5) is 16.0. The fourth-order valence-corrected chi connectivity index (χ4v) is 1.74.